The number of nitrogens with one attached hydrogen (secondary N) is 3. The first kappa shape index (κ1) is 22.9. The van der Waals surface area contributed by atoms with Gasteiger partial charge in [-0.3, -0.25) is 9.89 Å². The topological polar surface area (TPSA) is 86.5 Å². The number of aromatic nitrogens is 4. The fourth-order valence-electron chi connectivity index (χ4n) is 5.24. The molecule has 2 aromatic carbocycles. The van der Waals surface area contributed by atoms with Crippen LogP contribution in [0, 0.1) is 19.8 Å². The van der Waals surface area contributed by atoms with Crippen molar-refractivity contribution in [2.75, 3.05) is 5.32 Å². The first-order chi connectivity index (χ1) is 18.5. The Balaban J connectivity index is 1.28. The average molecular weight is 518 g/mol. The van der Waals surface area contributed by atoms with E-state index >= 15 is 0 Å². The van der Waals surface area contributed by atoms with Crippen molar-refractivity contribution in [3.63, 3.8) is 0 Å². The summed E-state index contributed by atoms with van der Waals surface area (Å²) in [6, 6.07) is 23.0. The lowest BCUT2D eigenvalue weighted by atomic mass is 9.85. The number of H-pyrrole nitrogens is 2. The molecule has 6 aromatic rings. The van der Waals surface area contributed by atoms with Crippen LogP contribution in [-0.4, -0.2) is 26.1 Å². The molecule has 0 radical (unpaired) electrons. The first-order valence-electron chi connectivity index (χ1n) is 13.0. The van der Waals surface area contributed by atoms with E-state index in [0.29, 0.717) is 0 Å². The number of thiophene rings is 1. The second kappa shape index (κ2) is 8.96. The Morgan fingerprint density at radius 2 is 1.89 bits per heavy atom. The number of pyridine rings is 1. The normalized spacial score (nSPS) is 13.7. The van der Waals surface area contributed by atoms with Crippen LogP contribution in [0.15, 0.2) is 66.7 Å². The highest BCUT2D eigenvalue weighted by Gasteiger charge is 2.25. The molecule has 188 valence electrons. The average Bonchev–Trinajstić information content (AvgIpc) is 3.59. The van der Waals surface area contributed by atoms with Gasteiger partial charge in [-0.2, -0.15) is 5.10 Å². The third kappa shape index (κ3) is 4.00. The van der Waals surface area contributed by atoms with Crippen LogP contribution in [0.1, 0.15) is 29.7 Å². The molecule has 0 bridgehead atoms. The number of carbonyl (C=O) groups excluding carboxylic acids is 1. The molecule has 0 aliphatic heterocycles. The van der Waals surface area contributed by atoms with Crippen molar-refractivity contribution < 1.29 is 4.79 Å². The molecule has 0 saturated heterocycles. The van der Waals surface area contributed by atoms with Gasteiger partial charge in [0, 0.05) is 43.4 Å². The number of carbonyl (C=O) groups is 1. The summed E-state index contributed by atoms with van der Waals surface area (Å²) in [5.41, 5.74) is 9.39. The molecule has 0 unspecified atom stereocenters. The standard InChI is InChI=1S/C31H27N5OS/c1-17-13-20(15-21(14-17)32-31(37)19-5-3-6-19)24-10-11-26-29(34-24)30(36-35-26)27-16-23-22(7-4-8-25(23)33-27)28-12-9-18(2)38-28/h4,7-16,19,33H,3,5-6H2,1-2H3,(H,32,37)(H,35,36). The van der Waals surface area contributed by atoms with E-state index in [4.69, 9.17) is 4.98 Å². The van der Waals surface area contributed by atoms with Gasteiger partial charge in [0.1, 0.15) is 11.2 Å². The van der Waals surface area contributed by atoms with Gasteiger partial charge in [-0.15, -0.1) is 11.3 Å². The maximum absolute atomic E-state index is 12.5. The Bertz CT molecular complexity index is 1840. The van der Waals surface area contributed by atoms with Crippen molar-refractivity contribution in [1.29, 1.82) is 0 Å². The number of aromatic amines is 2. The van der Waals surface area contributed by atoms with E-state index in [1.807, 2.05) is 31.2 Å². The summed E-state index contributed by atoms with van der Waals surface area (Å²) in [7, 11) is 0. The number of hydrogen-bond donors (Lipinski definition) is 3. The Morgan fingerprint density at radius 1 is 1.00 bits per heavy atom. The fraction of sp³-hybridized carbons (Fsp3) is 0.194. The molecule has 4 aromatic heterocycles. The molecule has 1 aliphatic rings. The summed E-state index contributed by atoms with van der Waals surface area (Å²) in [4.78, 5) is 23.7. The molecule has 7 heteroatoms. The number of hydrogen-bond acceptors (Lipinski definition) is 4. The Morgan fingerprint density at radius 3 is 2.68 bits per heavy atom. The SMILES string of the molecule is Cc1cc(NC(=O)C2CCC2)cc(-c2ccc3[nH]nc(-c4cc5c(-c6ccc(C)s6)cccc5[nH]4)c3n2)c1. The van der Waals surface area contributed by atoms with Crippen molar-refractivity contribution >= 4 is 44.9 Å². The Kier molecular flexibility index (Phi) is 5.40. The van der Waals surface area contributed by atoms with E-state index < -0.39 is 0 Å². The van der Waals surface area contributed by atoms with Crippen molar-refractivity contribution in [3.8, 4) is 33.1 Å². The highest BCUT2D eigenvalue weighted by Crippen LogP contribution is 2.37. The molecule has 38 heavy (non-hydrogen) atoms. The van der Waals surface area contributed by atoms with Crippen LogP contribution in [-0.2, 0) is 4.79 Å². The summed E-state index contributed by atoms with van der Waals surface area (Å²) in [6.45, 7) is 4.18. The second-order valence-electron chi connectivity index (χ2n) is 10.2. The van der Waals surface area contributed by atoms with E-state index in [9.17, 15) is 4.79 Å². The molecule has 0 atom stereocenters. The molecule has 3 N–H and O–H groups in total. The zero-order chi connectivity index (χ0) is 25.8. The van der Waals surface area contributed by atoms with Gasteiger partial charge < -0.3 is 10.3 Å². The number of aryl methyl sites for hydroxylation is 2. The Labute approximate surface area is 224 Å². The molecule has 4 heterocycles. The quantitative estimate of drug-likeness (QED) is 0.218. The molecule has 6 nitrogen and oxygen atoms in total. The maximum Gasteiger partial charge on any atom is 0.227 e. The number of anilines is 1. The lowest BCUT2D eigenvalue weighted by Gasteiger charge is -2.24. The van der Waals surface area contributed by atoms with E-state index in [1.54, 1.807) is 11.3 Å². The summed E-state index contributed by atoms with van der Waals surface area (Å²) < 4.78 is 0. The molecule has 1 fully saturated rings. The zero-order valence-electron chi connectivity index (χ0n) is 21.3. The molecular weight excluding hydrogens is 490 g/mol. The van der Waals surface area contributed by atoms with Crippen LogP contribution in [0.3, 0.4) is 0 Å². The molecule has 7 rings (SSSR count). The van der Waals surface area contributed by atoms with Crippen LogP contribution in [0.4, 0.5) is 5.69 Å². The summed E-state index contributed by atoms with van der Waals surface area (Å²) in [5.74, 6) is 0.256. The molecular formula is C31H27N5OS. The zero-order valence-corrected chi connectivity index (χ0v) is 22.1. The van der Waals surface area contributed by atoms with Gasteiger partial charge in [0.15, 0.2) is 0 Å². The molecule has 0 spiro atoms. The predicted octanol–water partition coefficient (Wildman–Crippen LogP) is 7.86. The third-order valence-electron chi connectivity index (χ3n) is 7.45. The number of benzene rings is 2. The lowest BCUT2D eigenvalue weighted by Crippen LogP contribution is -2.28. The highest BCUT2D eigenvalue weighted by molar-refractivity contribution is 7.15. The molecule has 1 saturated carbocycles. The van der Waals surface area contributed by atoms with Gasteiger partial charge in [-0.25, -0.2) is 4.98 Å². The monoisotopic (exact) mass is 517 g/mol. The molecule has 1 amide bonds. The first-order valence-corrected chi connectivity index (χ1v) is 13.8. The van der Waals surface area contributed by atoms with Crippen LogP contribution in [0.25, 0.3) is 55.0 Å². The van der Waals surface area contributed by atoms with Crippen molar-refractivity contribution in [2.45, 2.75) is 33.1 Å². The van der Waals surface area contributed by atoms with Gasteiger partial charge in [0.2, 0.25) is 5.91 Å². The number of rotatable bonds is 5. The van der Waals surface area contributed by atoms with E-state index in [0.717, 1.165) is 69.7 Å². The van der Waals surface area contributed by atoms with Crippen LogP contribution >= 0.6 is 11.3 Å². The lowest BCUT2D eigenvalue weighted by molar-refractivity contribution is -0.122. The minimum absolute atomic E-state index is 0.115. The van der Waals surface area contributed by atoms with Crippen LogP contribution < -0.4 is 5.32 Å². The fourth-order valence-corrected chi connectivity index (χ4v) is 6.15. The van der Waals surface area contributed by atoms with E-state index in [1.165, 1.54) is 20.7 Å². The smallest absolute Gasteiger partial charge is 0.227 e. The molecule has 1 aliphatic carbocycles. The van der Waals surface area contributed by atoms with Crippen molar-refractivity contribution in [3.05, 3.63) is 77.2 Å². The van der Waals surface area contributed by atoms with Crippen LogP contribution in [0.2, 0.25) is 0 Å². The van der Waals surface area contributed by atoms with E-state index in [-0.39, 0.29) is 11.8 Å². The minimum Gasteiger partial charge on any atom is -0.353 e. The second-order valence-corrected chi connectivity index (χ2v) is 11.5. The summed E-state index contributed by atoms with van der Waals surface area (Å²) in [6.07, 6.45) is 3.10. The van der Waals surface area contributed by atoms with Gasteiger partial charge in [0.25, 0.3) is 0 Å². The predicted molar refractivity (Wildman–Crippen MR) is 155 cm³/mol. The van der Waals surface area contributed by atoms with Gasteiger partial charge in [-0.05, 0) is 86.8 Å². The largest absolute Gasteiger partial charge is 0.353 e. The highest BCUT2D eigenvalue weighted by atomic mass is 32.1. The van der Waals surface area contributed by atoms with Crippen molar-refractivity contribution in [2.24, 2.45) is 5.92 Å². The van der Waals surface area contributed by atoms with Gasteiger partial charge in [-0.1, -0.05) is 18.6 Å². The summed E-state index contributed by atoms with van der Waals surface area (Å²) in [5, 5.41) is 12.1. The minimum atomic E-state index is 0.115. The number of nitrogens with zero attached hydrogens (tertiary/aromatic N) is 2. The number of fused-ring (bicyclic) bond motifs is 2. The van der Waals surface area contributed by atoms with Crippen LogP contribution in [0.5, 0.6) is 0 Å². The van der Waals surface area contributed by atoms with E-state index in [2.05, 4.69) is 69.9 Å². The van der Waals surface area contributed by atoms with Gasteiger partial charge >= 0.3 is 0 Å². The number of amides is 1. The van der Waals surface area contributed by atoms with Gasteiger partial charge in [0.05, 0.1) is 16.9 Å². The maximum atomic E-state index is 12.5. The summed E-state index contributed by atoms with van der Waals surface area (Å²) >= 11 is 1.80. The van der Waals surface area contributed by atoms with Crippen molar-refractivity contribution in [1.82, 2.24) is 20.2 Å². The Hall–Kier alpha value is -4.23. The third-order valence-corrected chi connectivity index (χ3v) is 8.48.